The van der Waals surface area contributed by atoms with Gasteiger partial charge in [0, 0.05) is 11.6 Å². The van der Waals surface area contributed by atoms with E-state index in [1.807, 2.05) is 24.6 Å². The largest absolute Gasteiger partial charge is 0.335 e. The van der Waals surface area contributed by atoms with Crippen molar-refractivity contribution < 1.29 is 0 Å². The lowest BCUT2D eigenvalue weighted by atomic mass is 10.3. The number of pyridine rings is 1. The summed E-state index contributed by atoms with van der Waals surface area (Å²) in [5.41, 5.74) is 5.48. The molecule has 0 amide bonds. The minimum atomic E-state index is 0.739. The van der Waals surface area contributed by atoms with Crippen molar-refractivity contribution in [1.29, 1.82) is 0 Å². The maximum Gasteiger partial charge on any atom is 0.178 e. The molecule has 3 heterocycles. The van der Waals surface area contributed by atoms with Gasteiger partial charge in [-0.15, -0.1) is 11.3 Å². The summed E-state index contributed by atoms with van der Waals surface area (Å²) >= 11 is 1.56. The van der Waals surface area contributed by atoms with Gasteiger partial charge in [0.15, 0.2) is 11.5 Å². The van der Waals surface area contributed by atoms with Crippen molar-refractivity contribution in [3.63, 3.8) is 0 Å². The molecule has 0 aliphatic rings. The fourth-order valence-electron chi connectivity index (χ4n) is 1.46. The van der Waals surface area contributed by atoms with Crippen molar-refractivity contribution in [3.8, 4) is 11.5 Å². The summed E-state index contributed by atoms with van der Waals surface area (Å²) in [7, 11) is 0. The van der Waals surface area contributed by atoms with Gasteiger partial charge >= 0.3 is 0 Å². The maximum atomic E-state index is 4.37. The van der Waals surface area contributed by atoms with Crippen molar-refractivity contribution in [2.24, 2.45) is 0 Å². The lowest BCUT2D eigenvalue weighted by Gasteiger charge is -1.88. The summed E-state index contributed by atoms with van der Waals surface area (Å²) in [6.07, 6.45) is 1.81. The van der Waals surface area contributed by atoms with Crippen molar-refractivity contribution in [2.45, 2.75) is 6.92 Å². The average Bonchev–Trinajstić information content (AvgIpc) is 2.84. The van der Waals surface area contributed by atoms with E-state index in [1.165, 1.54) is 0 Å². The number of H-pyrrole nitrogens is 1. The Labute approximate surface area is 90.0 Å². The number of hydrogen-bond acceptors (Lipinski definition) is 4. The number of nitrogens with one attached hydrogen (secondary N) is 1. The van der Waals surface area contributed by atoms with Gasteiger partial charge in [0.05, 0.1) is 11.0 Å². The highest BCUT2D eigenvalue weighted by molar-refractivity contribution is 7.07. The molecule has 0 unspecified atom stereocenters. The van der Waals surface area contributed by atoms with Gasteiger partial charge < -0.3 is 4.98 Å². The molecule has 5 heteroatoms. The van der Waals surface area contributed by atoms with Gasteiger partial charge in [0.25, 0.3) is 0 Å². The van der Waals surface area contributed by atoms with Crippen molar-refractivity contribution in [1.82, 2.24) is 19.9 Å². The SMILES string of the molecule is Cc1cnc2nc(-c3cscn3)[nH]c2c1. The molecule has 0 aliphatic carbocycles. The van der Waals surface area contributed by atoms with E-state index in [0.29, 0.717) is 0 Å². The summed E-state index contributed by atoms with van der Waals surface area (Å²) in [6.45, 7) is 2.01. The zero-order valence-electron chi connectivity index (χ0n) is 8.06. The highest BCUT2D eigenvalue weighted by Crippen LogP contribution is 2.19. The van der Waals surface area contributed by atoms with E-state index in [4.69, 9.17) is 0 Å². The lowest BCUT2D eigenvalue weighted by Crippen LogP contribution is -1.78. The molecule has 0 radical (unpaired) electrons. The maximum absolute atomic E-state index is 4.37. The van der Waals surface area contributed by atoms with Gasteiger partial charge in [-0.05, 0) is 18.6 Å². The number of aryl methyl sites for hydroxylation is 1. The third-order valence-corrected chi connectivity index (χ3v) is 2.74. The fraction of sp³-hybridized carbons (Fsp3) is 0.100. The Hall–Kier alpha value is -1.75. The first-order valence-electron chi connectivity index (χ1n) is 4.54. The number of hydrogen-bond donors (Lipinski definition) is 1. The van der Waals surface area contributed by atoms with E-state index in [-0.39, 0.29) is 0 Å². The van der Waals surface area contributed by atoms with Crippen LogP contribution in [-0.2, 0) is 0 Å². The molecule has 0 saturated heterocycles. The van der Waals surface area contributed by atoms with Crippen LogP contribution in [0.5, 0.6) is 0 Å². The van der Waals surface area contributed by atoms with E-state index >= 15 is 0 Å². The summed E-state index contributed by atoms with van der Waals surface area (Å²) in [4.78, 5) is 16.0. The molecule has 3 rings (SSSR count). The number of imidazole rings is 1. The minimum Gasteiger partial charge on any atom is -0.335 e. The van der Waals surface area contributed by atoms with Crippen molar-refractivity contribution in [2.75, 3.05) is 0 Å². The third-order valence-electron chi connectivity index (χ3n) is 2.15. The molecule has 0 spiro atoms. The van der Waals surface area contributed by atoms with E-state index in [9.17, 15) is 0 Å². The van der Waals surface area contributed by atoms with E-state index in [1.54, 1.807) is 16.8 Å². The molecule has 3 aromatic heterocycles. The van der Waals surface area contributed by atoms with Gasteiger partial charge in [-0.2, -0.15) is 0 Å². The Kier molecular flexibility index (Phi) is 1.78. The second kappa shape index (κ2) is 3.13. The lowest BCUT2D eigenvalue weighted by molar-refractivity contribution is 1.25. The number of rotatable bonds is 1. The van der Waals surface area contributed by atoms with Crippen LogP contribution in [0.4, 0.5) is 0 Å². The van der Waals surface area contributed by atoms with Gasteiger partial charge in [-0.1, -0.05) is 0 Å². The fourth-order valence-corrected chi connectivity index (χ4v) is 1.99. The Morgan fingerprint density at radius 3 is 3.07 bits per heavy atom. The Bertz CT molecular complexity index is 597. The third kappa shape index (κ3) is 1.41. The smallest absolute Gasteiger partial charge is 0.178 e. The second-order valence-electron chi connectivity index (χ2n) is 3.34. The molecule has 0 aromatic carbocycles. The molecule has 0 saturated carbocycles. The molecule has 0 fully saturated rings. The Balaban J connectivity index is 2.22. The number of aromatic amines is 1. The van der Waals surface area contributed by atoms with Gasteiger partial charge in [-0.25, -0.2) is 15.0 Å². The summed E-state index contributed by atoms with van der Waals surface area (Å²) in [5.74, 6) is 0.782. The molecule has 3 aromatic rings. The molecular weight excluding hydrogens is 208 g/mol. The molecule has 15 heavy (non-hydrogen) atoms. The molecule has 0 atom stereocenters. The summed E-state index contributed by atoms with van der Waals surface area (Å²) in [5, 5.41) is 1.96. The molecular formula is C10H8N4S. The molecule has 0 bridgehead atoms. The number of aromatic nitrogens is 4. The minimum absolute atomic E-state index is 0.739. The van der Waals surface area contributed by atoms with Crippen LogP contribution in [0.15, 0.2) is 23.2 Å². The Morgan fingerprint density at radius 2 is 2.27 bits per heavy atom. The zero-order chi connectivity index (χ0) is 10.3. The molecule has 0 aliphatic heterocycles. The number of nitrogens with zero attached hydrogens (tertiary/aromatic N) is 3. The van der Waals surface area contributed by atoms with Crippen LogP contribution in [0.25, 0.3) is 22.7 Å². The van der Waals surface area contributed by atoms with Gasteiger partial charge in [-0.3, -0.25) is 0 Å². The number of thiazole rings is 1. The predicted octanol–water partition coefficient (Wildman–Crippen LogP) is 2.39. The topological polar surface area (TPSA) is 54.5 Å². The zero-order valence-corrected chi connectivity index (χ0v) is 8.88. The van der Waals surface area contributed by atoms with Gasteiger partial charge in [0.2, 0.25) is 0 Å². The quantitative estimate of drug-likeness (QED) is 0.679. The predicted molar refractivity (Wildman–Crippen MR) is 59.7 cm³/mol. The van der Waals surface area contributed by atoms with Crippen LogP contribution < -0.4 is 0 Å². The molecule has 4 nitrogen and oxygen atoms in total. The number of fused-ring (bicyclic) bond motifs is 1. The average molecular weight is 216 g/mol. The van der Waals surface area contributed by atoms with E-state index < -0.39 is 0 Å². The van der Waals surface area contributed by atoms with Crippen molar-refractivity contribution in [3.05, 3.63) is 28.7 Å². The van der Waals surface area contributed by atoms with Crippen LogP contribution in [0.1, 0.15) is 5.56 Å². The Morgan fingerprint density at radius 1 is 1.33 bits per heavy atom. The van der Waals surface area contributed by atoms with E-state index in [2.05, 4.69) is 19.9 Å². The normalized spacial score (nSPS) is 11.0. The summed E-state index contributed by atoms with van der Waals surface area (Å²) in [6, 6.07) is 2.03. The standard InChI is InChI=1S/C10H8N4S/c1-6-2-7-9(11-3-6)14-10(13-7)8-4-15-5-12-8/h2-5H,1H3,(H,11,13,14). The first-order valence-corrected chi connectivity index (χ1v) is 5.48. The van der Waals surface area contributed by atoms with E-state index in [0.717, 1.165) is 28.2 Å². The highest BCUT2D eigenvalue weighted by Gasteiger charge is 2.07. The first-order chi connectivity index (χ1) is 7.33. The second-order valence-corrected chi connectivity index (χ2v) is 4.06. The monoisotopic (exact) mass is 216 g/mol. The van der Waals surface area contributed by atoms with Crippen LogP contribution in [0.3, 0.4) is 0 Å². The first kappa shape index (κ1) is 8.55. The highest BCUT2D eigenvalue weighted by atomic mass is 32.1. The molecule has 74 valence electrons. The molecule has 1 N–H and O–H groups in total. The summed E-state index contributed by atoms with van der Waals surface area (Å²) < 4.78 is 0. The van der Waals surface area contributed by atoms with Crippen LogP contribution in [0, 0.1) is 6.92 Å². The van der Waals surface area contributed by atoms with Crippen LogP contribution in [-0.4, -0.2) is 19.9 Å². The van der Waals surface area contributed by atoms with Crippen molar-refractivity contribution >= 4 is 22.5 Å². The van der Waals surface area contributed by atoms with Gasteiger partial charge in [0.1, 0.15) is 5.69 Å². The van der Waals surface area contributed by atoms with Crippen LogP contribution in [0.2, 0.25) is 0 Å². The van der Waals surface area contributed by atoms with Crippen LogP contribution >= 0.6 is 11.3 Å².